The lowest BCUT2D eigenvalue weighted by Gasteiger charge is -2.12. The van der Waals surface area contributed by atoms with Crippen LogP contribution in [0.2, 0.25) is 0 Å². The maximum atomic E-state index is 12.5. The Kier molecular flexibility index (Phi) is 6.42. The molecule has 0 aliphatic heterocycles. The van der Waals surface area contributed by atoms with E-state index in [2.05, 4.69) is 15.6 Å². The SMILES string of the molecule is CCOc1ccccc1Nc1ccc(C(=O)Nc2ccccc2C(=O)OC)cn1. The number of para-hydroxylation sites is 3. The van der Waals surface area contributed by atoms with Crippen molar-refractivity contribution in [2.45, 2.75) is 6.92 Å². The summed E-state index contributed by atoms with van der Waals surface area (Å²) < 4.78 is 10.3. The number of ether oxygens (including phenoxy) is 2. The zero-order chi connectivity index (χ0) is 20.6. The summed E-state index contributed by atoms with van der Waals surface area (Å²) in [4.78, 5) is 28.7. The van der Waals surface area contributed by atoms with Crippen LogP contribution in [0, 0.1) is 0 Å². The van der Waals surface area contributed by atoms with Gasteiger partial charge in [-0.1, -0.05) is 24.3 Å². The summed E-state index contributed by atoms with van der Waals surface area (Å²) in [6.45, 7) is 2.47. The lowest BCUT2D eigenvalue weighted by Crippen LogP contribution is -2.15. The van der Waals surface area contributed by atoms with Gasteiger partial charge in [-0.15, -0.1) is 0 Å². The second kappa shape index (κ2) is 9.36. The molecule has 0 atom stereocenters. The van der Waals surface area contributed by atoms with Crippen molar-refractivity contribution < 1.29 is 19.1 Å². The second-order valence-corrected chi connectivity index (χ2v) is 5.98. The fraction of sp³-hybridized carbons (Fsp3) is 0.136. The highest BCUT2D eigenvalue weighted by Gasteiger charge is 2.14. The predicted octanol–water partition coefficient (Wildman–Crippen LogP) is 4.26. The fourth-order valence-corrected chi connectivity index (χ4v) is 2.67. The summed E-state index contributed by atoms with van der Waals surface area (Å²) in [5.41, 5.74) is 1.79. The largest absolute Gasteiger partial charge is 0.492 e. The summed E-state index contributed by atoms with van der Waals surface area (Å²) in [7, 11) is 1.29. The molecule has 0 spiro atoms. The van der Waals surface area contributed by atoms with E-state index in [1.165, 1.54) is 13.3 Å². The highest BCUT2D eigenvalue weighted by Crippen LogP contribution is 2.26. The van der Waals surface area contributed by atoms with Gasteiger partial charge >= 0.3 is 5.97 Å². The zero-order valence-electron chi connectivity index (χ0n) is 16.1. The second-order valence-electron chi connectivity index (χ2n) is 5.98. The number of esters is 1. The van der Waals surface area contributed by atoms with E-state index >= 15 is 0 Å². The molecule has 1 aromatic heterocycles. The molecule has 148 valence electrons. The molecule has 7 heteroatoms. The summed E-state index contributed by atoms with van der Waals surface area (Å²) in [6.07, 6.45) is 1.46. The molecule has 29 heavy (non-hydrogen) atoms. The highest BCUT2D eigenvalue weighted by atomic mass is 16.5. The van der Waals surface area contributed by atoms with Gasteiger partial charge in [0.1, 0.15) is 11.6 Å². The van der Waals surface area contributed by atoms with Gasteiger partial charge < -0.3 is 20.1 Å². The molecule has 2 N–H and O–H groups in total. The first kappa shape index (κ1) is 19.9. The fourth-order valence-electron chi connectivity index (χ4n) is 2.67. The Labute approximate surface area is 168 Å². The Morgan fingerprint density at radius 1 is 0.966 bits per heavy atom. The van der Waals surface area contributed by atoms with Gasteiger partial charge in [-0.3, -0.25) is 4.79 Å². The standard InChI is InChI=1S/C22H21N3O4/c1-3-29-19-11-7-6-10-18(19)24-20-13-12-15(14-23-20)21(26)25-17-9-5-4-8-16(17)22(27)28-2/h4-14H,3H2,1-2H3,(H,23,24)(H,25,26). The minimum Gasteiger partial charge on any atom is -0.492 e. The first-order chi connectivity index (χ1) is 14.1. The topological polar surface area (TPSA) is 89.6 Å². The molecule has 2 aromatic carbocycles. The van der Waals surface area contributed by atoms with Gasteiger partial charge in [0.15, 0.2) is 0 Å². The number of anilines is 3. The Morgan fingerprint density at radius 2 is 1.69 bits per heavy atom. The van der Waals surface area contributed by atoms with Gasteiger partial charge in [-0.25, -0.2) is 9.78 Å². The van der Waals surface area contributed by atoms with Crippen LogP contribution in [0.3, 0.4) is 0 Å². The van der Waals surface area contributed by atoms with E-state index in [0.29, 0.717) is 23.7 Å². The number of nitrogens with one attached hydrogen (secondary N) is 2. The summed E-state index contributed by atoms with van der Waals surface area (Å²) in [5, 5.41) is 5.89. The van der Waals surface area contributed by atoms with E-state index in [1.807, 2.05) is 31.2 Å². The lowest BCUT2D eigenvalue weighted by atomic mass is 10.1. The average molecular weight is 391 g/mol. The number of rotatable bonds is 7. The Morgan fingerprint density at radius 3 is 2.38 bits per heavy atom. The summed E-state index contributed by atoms with van der Waals surface area (Å²) in [5.74, 6) is 0.392. The highest BCUT2D eigenvalue weighted by molar-refractivity contribution is 6.07. The van der Waals surface area contributed by atoms with Gasteiger partial charge in [0.2, 0.25) is 0 Å². The quantitative estimate of drug-likeness (QED) is 0.585. The van der Waals surface area contributed by atoms with Crippen LogP contribution < -0.4 is 15.4 Å². The van der Waals surface area contributed by atoms with Gasteiger partial charge in [-0.2, -0.15) is 0 Å². The van der Waals surface area contributed by atoms with E-state index in [1.54, 1.807) is 36.4 Å². The molecule has 1 heterocycles. The number of benzene rings is 2. The third-order valence-electron chi connectivity index (χ3n) is 4.06. The minimum atomic E-state index is -0.522. The van der Waals surface area contributed by atoms with Crippen molar-refractivity contribution in [2.75, 3.05) is 24.4 Å². The van der Waals surface area contributed by atoms with E-state index in [4.69, 9.17) is 9.47 Å². The van der Waals surface area contributed by atoms with Gasteiger partial charge in [-0.05, 0) is 43.3 Å². The number of hydrogen-bond acceptors (Lipinski definition) is 6. The molecule has 3 aromatic rings. The van der Waals surface area contributed by atoms with Crippen LogP contribution in [0.15, 0.2) is 66.9 Å². The number of aromatic nitrogens is 1. The van der Waals surface area contributed by atoms with Crippen molar-refractivity contribution in [3.8, 4) is 5.75 Å². The molecule has 0 saturated heterocycles. The number of hydrogen-bond donors (Lipinski definition) is 2. The third-order valence-corrected chi connectivity index (χ3v) is 4.06. The monoisotopic (exact) mass is 391 g/mol. The normalized spacial score (nSPS) is 10.1. The molecule has 1 amide bonds. The molecule has 7 nitrogen and oxygen atoms in total. The molecular formula is C22H21N3O4. The van der Waals surface area contributed by atoms with Crippen molar-refractivity contribution in [2.24, 2.45) is 0 Å². The number of carbonyl (C=O) groups is 2. The number of pyridine rings is 1. The van der Waals surface area contributed by atoms with Crippen molar-refractivity contribution in [3.05, 3.63) is 78.0 Å². The number of methoxy groups -OCH3 is 1. The van der Waals surface area contributed by atoms with Crippen molar-refractivity contribution in [3.63, 3.8) is 0 Å². The van der Waals surface area contributed by atoms with Crippen LogP contribution in [-0.4, -0.2) is 30.6 Å². The molecule has 0 saturated carbocycles. The molecule has 3 rings (SSSR count). The van der Waals surface area contributed by atoms with Crippen molar-refractivity contribution in [1.82, 2.24) is 4.98 Å². The third kappa shape index (κ3) is 4.90. The summed E-state index contributed by atoms with van der Waals surface area (Å²) in [6, 6.07) is 17.5. The first-order valence-corrected chi connectivity index (χ1v) is 9.06. The van der Waals surface area contributed by atoms with Crippen LogP contribution >= 0.6 is 0 Å². The van der Waals surface area contributed by atoms with Crippen LogP contribution in [0.4, 0.5) is 17.2 Å². The van der Waals surface area contributed by atoms with Crippen LogP contribution in [0.5, 0.6) is 5.75 Å². The molecule has 0 bridgehead atoms. The molecule has 0 aliphatic carbocycles. The van der Waals surface area contributed by atoms with E-state index in [-0.39, 0.29) is 11.5 Å². The first-order valence-electron chi connectivity index (χ1n) is 9.06. The number of amides is 1. The molecule has 0 unspecified atom stereocenters. The molecule has 0 radical (unpaired) electrons. The number of carbonyl (C=O) groups excluding carboxylic acids is 2. The van der Waals surface area contributed by atoms with Gasteiger partial charge in [0, 0.05) is 6.20 Å². The molecule has 0 aliphatic rings. The Balaban J connectivity index is 1.73. The Bertz CT molecular complexity index is 1000. The zero-order valence-corrected chi connectivity index (χ0v) is 16.1. The minimum absolute atomic E-state index is 0.280. The number of nitrogens with zero attached hydrogens (tertiary/aromatic N) is 1. The van der Waals surface area contributed by atoms with Crippen LogP contribution in [0.25, 0.3) is 0 Å². The van der Waals surface area contributed by atoms with Crippen molar-refractivity contribution in [1.29, 1.82) is 0 Å². The van der Waals surface area contributed by atoms with Gasteiger partial charge in [0.05, 0.1) is 36.2 Å². The molecular weight excluding hydrogens is 370 g/mol. The lowest BCUT2D eigenvalue weighted by molar-refractivity contribution is 0.0602. The Hall–Kier alpha value is -3.87. The van der Waals surface area contributed by atoms with Crippen LogP contribution in [0.1, 0.15) is 27.6 Å². The molecule has 0 fully saturated rings. The van der Waals surface area contributed by atoms with Gasteiger partial charge in [0.25, 0.3) is 5.91 Å². The van der Waals surface area contributed by atoms with E-state index in [9.17, 15) is 9.59 Å². The summed E-state index contributed by atoms with van der Waals surface area (Å²) >= 11 is 0. The predicted molar refractivity (Wildman–Crippen MR) is 111 cm³/mol. The average Bonchev–Trinajstić information content (AvgIpc) is 2.75. The maximum absolute atomic E-state index is 12.5. The van der Waals surface area contributed by atoms with E-state index < -0.39 is 5.97 Å². The smallest absolute Gasteiger partial charge is 0.339 e. The van der Waals surface area contributed by atoms with Crippen molar-refractivity contribution >= 4 is 29.1 Å². The van der Waals surface area contributed by atoms with Crippen LogP contribution in [-0.2, 0) is 4.74 Å². The maximum Gasteiger partial charge on any atom is 0.339 e. The van der Waals surface area contributed by atoms with E-state index in [0.717, 1.165) is 11.4 Å².